The molecular weight excluding hydrogens is 322 g/mol. The molecule has 2 heterocycles. The maximum atomic E-state index is 12.6. The summed E-state index contributed by atoms with van der Waals surface area (Å²) in [6.07, 6.45) is 0. The molecule has 1 atom stereocenters. The Morgan fingerprint density at radius 1 is 1.20 bits per heavy atom. The van der Waals surface area contributed by atoms with Gasteiger partial charge in [-0.2, -0.15) is 5.10 Å². The highest BCUT2D eigenvalue weighted by Crippen LogP contribution is 2.25. The van der Waals surface area contributed by atoms with E-state index in [1.54, 1.807) is 16.6 Å². The molecule has 1 aromatic rings. The van der Waals surface area contributed by atoms with E-state index in [1.165, 1.54) is 9.80 Å². The van der Waals surface area contributed by atoms with Gasteiger partial charge in [0.2, 0.25) is 5.91 Å². The zero-order valence-corrected chi connectivity index (χ0v) is 15.9. The molecule has 1 saturated heterocycles. The highest BCUT2D eigenvalue weighted by atomic mass is 16.2. The Bertz CT molecular complexity index is 697. The van der Waals surface area contributed by atoms with Gasteiger partial charge in [-0.25, -0.2) is 0 Å². The number of amides is 3. The summed E-state index contributed by atoms with van der Waals surface area (Å²) in [5.74, 6) is -1.33. The summed E-state index contributed by atoms with van der Waals surface area (Å²) < 4.78 is 1.80. The van der Waals surface area contributed by atoms with Crippen LogP contribution in [0.15, 0.2) is 0 Å². The molecule has 8 nitrogen and oxygen atoms in total. The molecule has 1 aromatic heterocycles. The second-order valence-corrected chi connectivity index (χ2v) is 6.50. The Morgan fingerprint density at radius 3 is 2.28 bits per heavy atom. The maximum absolute atomic E-state index is 12.6. The largest absolute Gasteiger partial charge is 0.337 e. The van der Waals surface area contributed by atoms with Gasteiger partial charge >= 0.3 is 11.8 Å². The van der Waals surface area contributed by atoms with Crippen molar-refractivity contribution in [2.45, 2.75) is 33.7 Å². The molecule has 1 aliphatic heterocycles. The van der Waals surface area contributed by atoms with E-state index < -0.39 is 11.8 Å². The first-order chi connectivity index (χ1) is 11.7. The van der Waals surface area contributed by atoms with Crippen molar-refractivity contribution in [1.82, 2.24) is 24.5 Å². The van der Waals surface area contributed by atoms with E-state index in [2.05, 4.69) is 5.10 Å². The normalized spacial score (nSPS) is 16.4. The number of piperazine rings is 1. The van der Waals surface area contributed by atoms with Crippen LogP contribution in [0.25, 0.3) is 0 Å². The number of carbonyl (C=O) groups is 3. The highest BCUT2D eigenvalue weighted by Gasteiger charge is 2.34. The van der Waals surface area contributed by atoms with Crippen molar-refractivity contribution in [2.75, 3.05) is 33.2 Å². The van der Waals surface area contributed by atoms with Crippen molar-refractivity contribution in [2.24, 2.45) is 7.05 Å². The van der Waals surface area contributed by atoms with Crippen LogP contribution in [0.1, 0.15) is 36.8 Å². The van der Waals surface area contributed by atoms with Crippen molar-refractivity contribution < 1.29 is 14.4 Å². The fourth-order valence-corrected chi connectivity index (χ4v) is 3.25. The molecular formula is C17H27N5O3. The molecule has 3 amide bonds. The minimum absolute atomic E-state index is 0.0820. The predicted molar refractivity (Wildman–Crippen MR) is 92.7 cm³/mol. The summed E-state index contributed by atoms with van der Waals surface area (Å²) >= 11 is 0. The van der Waals surface area contributed by atoms with Crippen LogP contribution >= 0.6 is 0 Å². The summed E-state index contributed by atoms with van der Waals surface area (Å²) in [5, 5.41) is 4.39. The lowest BCUT2D eigenvalue weighted by atomic mass is 10.1. The monoisotopic (exact) mass is 349 g/mol. The number of aryl methyl sites for hydroxylation is 2. The topological polar surface area (TPSA) is 78.8 Å². The van der Waals surface area contributed by atoms with Gasteiger partial charge in [-0.3, -0.25) is 19.1 Å². The lowest BCUT2D eigenvalue weighted by Crippen LogP contribution is -2.56. The quantitative estimate of drug-likeness (QED) is 0.714. The minimum Gasteiger partial charge on any atom is -0.337 e. The van der Waals surface area contributed by atoms with E-state index >= 15 is 0 Å². The number of hydrogen-bond donors (Lipinski definition) is 0. The Balaban J connectivity index is 2.08. The third-order valence-electron chi connectivity index (χ3n) is 5.06. The van der Waals surface area contributed by atoms with Gasteiger partial charge < -0.3 is 14.7 Å². The summed E-state index contributed by atoms with van der Waals surface area (Å²) in [7, 11) is 3.59. The van der Waals surface area contributed by atoms with Crippen LogP contribution in [0.4, 0.5) is 0 Å². The summed E-state index contributed by atoms with van der Waals surface area (Å²) in [4.78, 5) is 41.2. The average Bonchev–Trinajstić information content (AvgIpc) is 2.83. The number of likely N-dealkylation sites (N-methyl/N-ethyl adjacent to an activating group) is 2. The summed E-state index contributed by atoms with van der Waals surface area (Å²) in [5.41, 5.74) is 2.90. The fraction of sp³-hybridized carbons (Fsp3) is 0.647. The predicted octanol–water partition coefficient (Wildman–Crippen LogP) is 0.247. The van der Waals surface area contributed by atoms with Crippen molar-refractivity contribution in [3.05, 3.63) is 17.0 Å². The van der Waals surface area contributed by atoms with E-state index in [0.29, 0.717) is 19.6 Å². The first-order valence-corrected chi connectivity index (χ1v) is 8.52. The van der Waals surface area contributed by atoms with Crippen LogP contribution < -0.4 is 0 Å². The zero-order valence-electron chi connectivity index (χ0n) is 15.9. The molecule has 0 aromatic carbocycles. The number of carbonyl (C=O) groups excluding carboxylic acids is 3. The van der Waals surface area contributed by atoms with Gasteiger partial charge in [0.25, 0.3) is 0 Å². The fourth-order valence-electron chi connectivity index (χ4n) is 3.25. The molecule has 2 rings (SSSR count). The van der Waals surface area contributed by atoms with Crippen molar-refractivity contribution in [1.29, 1.82) is 0 Å². The van der Waals surface area contributed by atoms with Crippen molar-refractivity contribution in [3.8, 4) is 0 Å². The number of hydrogen-bond acceptors (Lipinski definition) is 4. The first-order valence-electron chi connectivity index (χ1n) is 8.52. The number of aromatic nitrogens is 2. The van der Waals surface area contributed by atoms with Crippen molar-refractivity contribution in [3.63, 3.8) is 0 Å². The molecule has 0 spiro atoms. The van der Waals surface area contributed by atoms with Gasteiger partial charge in [0, 0.05) is 45.0 Å². The van der Waals surface area contributed by atoms with Crippen LogP contribution in [0, 0.1) is 13.8 Å². The van der Waals surface area contributed by atoms with E-state index in [-0.39, 0.29) is 18.5 Å². The molecule has 138 valence electrons. The molecule has 0 aliphatic carbocycles. The standard InChI is InChI=1S/C17H27N5O3/c1-7-21-8-9-22(17(25)16(21)24)10-14(23)19(5)12(3)15-11(2)18-20(6)13(15)4/h12H,7-10H2,1-6H3/t12-/m1/s1. The van der Waals surface area contributed by atoms with Gasteiger partial charge in [0.1, 0.15) is 6.54 Å². The first kappa shape index (κ1) is 19.0. The molecule has 0 unspecified atom stereocenters. The molecule has 1 fully saturated rings. The van der Waals surface area contributed by atoms with E-state index in [9.17, 15) is 14.4 Å². The second-order valence-electron chi connectivity index (χ2n) is 6.50. The van der Waals surface area contributed by atoms with E-state index in [0.717, 1.165) is 17.0 Å². The van der Waals surface area contributed by atoms with Crippen LogP contribution in [-0.4, -0.2) is 75.4 Å². The molecule has 0 N–H and O–H groups in total. The molecule has 25 heavy (non-hydrogen) atoms. The zero-order chi connectivity index (χ0) is 18.9. The van der Waals surface area contributed by atoms with E-state index in [4.69, 9.17) is 0 Å². The molecule has 1 aliphatic rings. The molecule has 0 saturated carbocycles. The number of nitrogens with zero attached hydrogens (tertiary/aromatic N) is 5. The third-order valence-corrected chi connectivity index (χ3v) is 5.06. The Kier molecular flexibility index (Phi) is 5.49. The van der Waals surface area contributed by atoms with Crippen molar-refractivity contribution >= 4 is 17.7 Å². The van der Waals surface area contributed by atoms with Crippen LogP contribution in [0.2, 0.25) is 0 Å². The maximum Gasteiger partial charge on any atom is 0.312 e. The summed E-state index contributed by atoms with van der Waals surface area (Å²) in [6.45, 7) is 8.94. The van der Waals surface area contributed by atoms with Gasteiger partial charge in [0.15, 0.2) is 0 Å². The molecule has 8 heteroatoms. The highest BCUT2D eigenvalue weighted by molar-refractivity contribution is 6.35. The van der Waals surface area contributed by atoms with E-state index in [1.807, 2.05) is 34.7 Å². The van der Waals surface area contributed by atoms with Crippen LogP contribution in [0.3, 0.4) is 0 Å². The van der Waals surface area contributed by atoms with Crippen LogP contribution in [0.5, 0.6) is 0 Å². The Labute approximate surface area is 148 Å². The lowest BCUT2D eigenvalue weighted by Gasteiger charge is -2.34. The van der Waals surface area contributed by atoms with Gasteiger partial charge in [-0.1, -0.05) is 0 Å². The SMILES string of the molecule is CCN1CCN(CC(=O)N(C)[C@H](C)c2c(C)nn(C)c2C)C(=O)C1=O. The smallest absolute Gasteiger partial charge is 0.312 e. The Morgan fingerprint density at radius 2 is 1.76 bits per heavy atom. The second kappa shape index (κ2) is 7.25. The molecule has 0 radical (unpaired) electrons. The average molecular weight is 349 g/mol. The Hall–Kier alpha value is -2.38. The lowest BCUT2D eigenvalue weighted by molar-refractivity contribution is -0.157. The number of rotatable bonds is 5. The summed E-state index contributed by atoms with van der Waals surface area (Å²) in [6, 6.07) is -0.163. The van der Waals surface area contributed by atoms with Gasteiger partial charge in [-0.05, 0) is 27.7 Å². The molecule has 0 bridgehead atoms. The minimum atomic E-state index is -0.601. The van der Waals surface area contributed by atoms with Gasteiger partial charge in [0.05, 0.1) is 11.7 Å². The third kappa shape index (κ3) is 3.52. The van der Waals surface area contributed by atoms with Gasteiger partial charge in [-0.15, -0.1) is 0 Å². The van der Waals surface area contributed by atoms with Crippen LogP contribution in [-0.2, 0) is 21.4 Å².